The molecule has 1 aliphatic heterocycles. The molecule has 42 heavy (non-hydrogen) atoms. The molecule has 0 spiro atoms. The molecule has 1 aliphatic rings. The van der Waals surface area contributed by atoms with Crippen LogP contribution < -0.4 is 14.4 Å². The van der Waals surface area contributed by atoms with E-state index in [1.807, 2.05) is 108 Å². The molecule has 4 aromatic rings. The zero-order valence-electron chi connectivity index (χ0n) is 23.6. The Bertz CT molecular complexity index is 1550. The number of esters is 1. The number of amides is 1. The minimum Gasteiger partial charge on any atom is -0.491 e. The van der Waals surface area contributed by atoms with Gasteiger partial charge < -0.3 is 19.3 Å². The van der Waals surface area contributed by atoms with E-state index in [0.717, 1.165) is 28.5 Å². The number of anilines is 1. The number of carbonyl (C=O) groups is 2. The average molecular weight is 564 g/mol. The van der Waals surface area contributed by atoms with Gasteiger partial charge in [-0.3, -0.25) is 9.69 Å². The average Bonchev–Trinajstić information content (AvgIpc) is 3.29. The van der Waals surface area contributed by atoms with Crippen molar-refractivity contribution in [2.24, 2.45) is 0 Å². The normalized spacial score (nSPS) is 17.2. The Labute approximate surface area is 245 Å². The molecular formula is C35H33NO6. The van der Waals surface area contributed by atoms with Gasteiger partial charge in [-0.15, -0.1) is 0 Å². The molecule has 4 aromatic carbocycles. The van der Waals surface area contributed by atoms with E-state index >= 15 is 0 Å². The van der Waals surface area contributed by atoms with Crippen LogP contribution in [0.5, 0.6) is 11.5 Å². The Kier molecular flexibility index (Phi) is 8.41. The van der Waals surface area contributed by atoms with E-state index in [9.17, 15) is 14.7 Å². The van der Waals surface area contributed by atoms with Crippen molar-refractivity contribution in [2.75, 3.05) is 18.1 Å². The van der Waals surface area contributed by atoms with E-state index in [-0.39, 0.29) is 19.1 Å². The van der Waals surface area contributed by atoms with Crippen LogP contribution in [0.15, 0.2) is 116 Å². The number of nitrogens with zero attached hydrogens (tertiary/aromatic N) is 1. The first-order valence-electron chi connectivity index (χ1n) is 13.8. The number of para-hydroxylation sites is 1. The van der Waals surface area contributed by atoms with E-state index in [2.05, 4.69) is 6.58 Å². The van der Waals surface area contributed by atoms with Crippen molar-refractivity contribution in [1.29, 1.82) is 0 Å². The monoisotopic (exact) mass is 563 g/mol. The summed E-state index contributed by atoms with van der Waals surface area (Å²) < 4.78 is 16.8. The number of carbonyl (C=O) groups excluding carboxylic acids is 2. The molecule has 0 aliphatic carbocycles. The Hall–Kier alpha value is -4.88. The van der Waals surface area contributed by atoms with Crippen molar-refractivity contribution in [3.63, 3.8) is 0 Å². The molecule has 0 saturated carbocycles. The number of rotatable bonds is 11. The number of hydrogen-bond donors (Lipinski definition) is 1. The quantitative estimate of drug-likeness (QED) is 0.181. The van der Waals surface area contributed by atoms with Crippen LogP contribution in [0.2, 0.25) is 0 Å². The van der Waals surface area contributed by atoms with Crippen LogP contribution >= 0.6 is 0 Å². The first-order chi connectivity index (χ1) is 20.3. The second-order valence-corrected chi connectivity index (χ2v) is 10.2. The van der Waals surface area contributed by atoms with Crippen molar-refractivity contribution in [2.45, 2.75) is 31.6 Å². The van der Waals surface area contributed by atoms with Crippen molar-refractivity contribution in [3.8, 4) is 11.5 Å². The van der Waals surface area contributed by atoms with E-state index in [4.69, 9.17) is 14.2 Å². The van der Waals surface area contributed by atoms with Gasteiger partial charge in [-0.25, -0.2) is 4.79 Å². The number of fused-ring (bicyclic) bond motifs is 1. The molecule has 5 rings (SSSR count). The summed E-state index contributed by atoms with van der Waals surface area (Å²) in [5.74, 6) is 0.607. The standard InChI is InChI=1S/C35H33NO6/c1-4-33(38)42-25(3)23-41-30-20-16-27(17-21-30)35(26-14-18-29(19-15-26)40-22-24(2)37)32-13-9-8-12-31(32)34(39)36(35)28-10-6-5-7-11-28/h4-21,24-25,37H,1,22-23H2,2-3H3. The Morgan fingerprint density at radius 2 is 1.38 bits per heavy atom. The maximum atomic E-state index is 14.2. The van der Waals surface area contributed by atoms with Crippen LogP contribution in [-0.4, -0.2) is 42.4 Å². The maximum absolute atomic E-state index is 14.2. The molecule has 7 heteroatoms. The van der Waals surface area contributed by atoms with Gasteiger partial charge in [0.2, 0.25) is 0 Å². The van der Waals surface area contributed by atoms with Crippen molar-refractivity contribution >= 4 is 17.6 Å². The number of hydrogen-bond acceptors (Lipinski definition) is 6. The Balaban J connectivity index is 1.61. The summed E-state index contributed by atoms with van der Waals surface area (Å²) in [4.78, 5) is 27.5. The van der Waals surface area contributed by atoms with Crippen LogP contribution in [0.25, 0.3) is 0 Å². The molecule has 1 heterocycles. The Morgan fingerprint density at radius 1 is 0.833 bits per heavy atom. The third-order valence-corrected chi connectivity index (χ3v) is 7.10. The highest BCUT2D eigenvalue weighted by molar-refractivity contribution is 6.13. The summed E-state index contributed by atoms with van der Waals surface area (Å²) in [6.45, 7) is 7.19. The first-order valence-corrected chi connectivity index (χ1v) is 13.8. The van der Waals surface area contributed by atoms with Gasteiger partial charge in [0.05, 0.1) is 6.10 Å². The SMILES string of the molecule is C=CC(=O)OC(C)COc1ccc(C2(c3ccc(OCC(C)O)cc3)c3ccccc3C(=O)N2c2ccccc2)cc1. The molecule has 214 valence electrons. The molecule has 1 amide bonds. The van der Waals surface area contributed by atoms with Gasteiger partial charge >= 0.3 is 5.97 Å². The summed E-state index contributed by atoms with van der Waals surface area (Å²) in [5, 5.41) is 9.67. The number of aliphatic hydroxyl groups is 1. The lowest BCUT2D eigenvalue weighted by molar-refractivity contribution is -0.143. The van der Waals surface area contributed by atoms with Gasteiger partial charge in [0.15, 0.2) is 0 Å². The van der Waals surface area contributed by atoms with Crippen LogP contribution in [0.4, 0.5) is 5.69 Å². The summed E-state index contributed by atoms with van der Waals surface area (Å²) in [7, 11) is 0. The number of ether oxygens (including phenoxy) is 3. The molecule has 0 aromatic heterocycles. The second-order valence-electron chi connectivity index (χ2n) is 10.2. The second kappa shape index (κ2) is 12.3. The molecule has 0 fully saturated rings. The van der Waals surface area contributed by atoms with E-state index < -0.39 is 23.7 Å². The van der Waals surface area contributed by atoms with Gasteiger partial charge in [-0.05, 0) is 73.0 Å². The fourth-order valence-electron chi connectivity index (χ4n) is 5.30. The first kappa shape index (κ1) is 28.6. The third-order valence-electron chi connectivity index (χ3n) is 7.10. The molecule has 0 radical (unpaired) electrons. The fourth-order valence-corrected chi connectivity index (χ4v) is 5.30. The van der Waals surface area contributed by atoms with Gasteiger partial charge in [0.1, 0.15) is 36.4 Å². The summed E-state index contributed by atoms with van der Waals surface area (Å²) in [6, 6.07) is 32.6. The van der Waals surface area contributed by atoms with Crippen molar-refractivity contribution in [1.82, 2.24) is 0 Å². The number of aliphatic hydroxyl groups excluding tert-OH is 1. The maximum Gasteiger partial charge on any atom is 0.330 e. The lowest BCUT2D eigenvalue weighted by atomic mass is 9.76. The summed E-state index contributed by atoms with van der Waals surface area (Å²) in [5.41, 5.74) is 2.97. The highest BCUT2D eigenvalue weighted by atomic mass is 16.6. The number of benzene rings is 4. The van der Waals surface area contributed by atoms with Gasteiger partial charge in [0, 0.05) is 17.3 Å². The third kappa shape index (κ3) is 5.51. The van der Waals surface area contributed by atoms with Crippen LogP contribution in [0.3, 0.4) is 0 Å². The predicted octanol–water partition coefficient (Wildman–Crippen LogP) is 5.90. The highest BCUT2D eigenvalue weighted by Crippen LogP contribution is 2.51. The summed E-state index contributed by atoms with van der Waals surface area (Å²) >= 11 is 0. The topological polar surface area (TPSA) is 85.3 Å². The molecule has 1 N–H and O–H groups in total. The van der Waals surface area contributed by atoms with E-state index in [1.165, 1.54) is 0 Å². The molecule has 3 atom stereocenters. The molecule has 3 unspecified atom stereocenters. The minimum atomic E-state index is -0.997. The molecule has 0 saturated heterocycles. The van der Waals surface area contributed by atoms with Crippen molar-refractivity contribution < 1.29 is 28.9 Å². The van der Waals surface area contributed by atoms with Crippen molar-refractivity contribution in [3.05, 3.63) is 138 Å². The smallest absolute Gasteiger partial charge is 0.330 e. The largest absolute Gasteiger partial charge is 0.491 e. The zero-order valence-corrected chi connectivity index (χ0v) is 23.6. The lowest BCUT2D eigenvalue weighted by Crippen LogP contribution is -2.46. The van der Waals surface area contributed by atoms with Gasteiger partial charge in [0.25, 0.3) is 5.91 Å². The van der Waals surface area contributed by atoms with Crippen LogP contribution in [0, 0.1) is 0 Å². The minimum absolute atomic E-state index is 0.107. The molecule has 0 bridgehead atoms. The fraction of sp³-hybridized carbons (Fsp3) is 0.200. The predicted molar refractivity (Wildman–Crippen MR) is 161 cm³/mol. The summed E-state index contributed by atoms with van der Waals surface area (Å²) in [6.07, 6.45) is 0.0705. The lowest BCUT2D eigenvalue weighted by Gasteiger charge is -2.40. The zero-order chi connectivity index (χ0) is 29.7. The van der Waals surface area contributed by atoms with Crippen LogP contribution in [-0.2, 0) is 15.1 Å². The van der Waals surface area contributed by atoms with Gasteiger partial charge in [-0.1, -0.05) is 67.2 Å². The van der Waals surface area contributed by atoms with E-state index in [1.54, 1.807) is 13.8 Å². The molecular weight excluding hydrogens is 530 g/mol. The van der Waals surface area contributed by atoms with Gasteiger partial charge in [-0.2, -0.15) is 0 Å². The van der Waals surface area contributed by atoms with E-state index in [0.29, 0.717) is 17.1 Å². The molecule has 7 nitrogen and oxygen atoms in total. The van der Waals surface area contributed by atoms with Crippen LogP contribution in [0.1, 0.15) is 40.9 Å². The Morgan fingerprint density at radius 3 is 1.95 bits per heavy atom. The highest BCUT2D eigenvalue weighted by Gasteiger charge is 2.52.